The van der Waals surface area contributed by atoms with Gasteiger partial charge in [-0.3, -0.25) is 9.30 Å². The molecule has 1 aromatic carbocycles. The number of ether oxygens (including phenoxy) is 1. The Kier molecular flexibility index (Phi) is 4.05. The number of likely N-dealkylation sites (tertiary alicyclic amines) is 1. The maximum atomic E-state index is 11.8. The number of rotatable bonds is 3. The molecule has 0 radical (unpaired) electrons. The minimum atomic E-state index is -0.314. The van der Waals surface area contributed by atoms with E-state index in [-0.39, 0.29) is 11.7 Å². The summed E-state index contributed by atoms with van der Waals surface area (Å²) in [5.74, 6) is 0.719. The van der Waals surface area contributed by atoms with E-state index in [2.05, 4.69) is 26.4 Å². The molecule has 4 heterocycles. The number of likely N-dealkylation sites (N-methyl/N-ethyl adjacent to an activating group) is 1. The molecule has 5 rings (SSSR count). The van der Waals surface area contributed by atoms with Crippen LogP contribution in [0.1, 0.15) is 18.5 Å². The van der Waals surface area contributed by atoms with Gasteiger partial charge >= 0.3 is 6.09 Å². The topological polar surface area (TPSA) is 63.0 Å². The van der Waals surface area contributed by atoms with Gasteiger partial charge in [0.1, 0.15) is 5.60 Å². The third-order valence-electron chi connectivity index (χ3n) is 5.83. The summed E-state index contributed by atoms with van der Waals surface area (Å²) in [5, 5.41) is 0. The minimum absolute atomic E-state index is 0.201. The number of piperidine rings is 1. The van der Waals surface area contributed by atoms with E-state index in [0.717, 1.165) is 55.2 Å². The molecule has 0 N–H and O–H groups in total. The van der Waals surface area contributed by atoms with Crippen molar-refractivity contribution in [3.05, 3.63) is 54.5 Å². The quantitative estimate of drug-likeness (QED) is 0.702. The zero-order valence-corrected chi connectivity index (χ0v) is 15.9. The Morgan fingerprint density at radius 2 is 1.93 bits per heavy atom. The highest BCUT2D eigenvalue weighted by atomic mass is 16.6. The van der Waals surface area contributed by atoms with Crippen molar-refractivity contribution in [1.29, 1.82) is 0 Å². The van der Waals surface area contributed by atoms with Crippen molar-refractivity contribution in [2.24, 2.45) is 0 Å². The van der Waals surface area contributed by atoms with Gasteiger partial charge in [-0.15, -0.1) is 0 Å². The summed E-state index contributed by atoms with van der Waals surface area (Å²) in [6.45, 7) is 3.26. The van der Waals surface area contributed by atoms with E-state index in [1.165, 1.54) is 0 Å². The van der Waals surface area contributed by atoms with Crippen LogP contribution in [-0.2, 0) is 11.3 Å². The van der Waals surface area contributed by atoms with Gasteiger partial charge in [-0.05, 0) is 6.07 Å². The molecule has 0 bridgehead atoms. The molecule has 2 fully saturated rings. The Bertz CT molecular complexity index is 1010. The number of hydrogen-bond acceptors (Lipinski definition) is 5. The second-order valence-corrected chi connectivity index (χ2v) is 7.75. The first-order valence-corrected chi connectivity index (χ1v) is 9.67. The fraction of sp³-hybridized carbons (Fsp3) is 0.381. The first-order valence-electron chi connectivity index (χ1n) is 9.67. The lowest BCUT2D eigenvalue weighted by Crippen LogP contribution is -2.46. The monoisotopic (exact) mass is 377 g/mol. The number of fused-ring (bicyclic) bond motifs is 1. The third kappa shape index (κ3) is 2.92. The Hall–Kier alpha value is -2.93. The number of carbonyl (C=O) groups is 1. The van der Waals surface area contributed by atoms with Crippen LogP contribution in [0.15, 0.2) is 48.8 Å². The Morgan fingerprint density at radius 1 is 1.14 bits per heavy atom. The lowest BCUT2D eigenvalue weighted by molar-refractivity contribution is -0.00146. The van der Waals surface area contributed by atoms with Crippen molar-refractivity contribution in [3.8, 4) is 11.3 Å². The van der Waals surface area contributed by atoms with E-state index in [1.807, 2.05) is 30.5 Å². The van der Waals surface area contributed by atoms with Crippen molar-refractivity contribution < 1.29 is 9.53 Å². The van der Waals surface area contributed by atoms with Gasteiger partial charge in [0.25, 0.3) is 0 Å². The molecule has 2 aromatic heterocycles. The number of hydrogen-bond donors (Lipinski definition) is 0. The average molecular weight is 377 g/mol. The molecule has 28 heavy (non-hydrogen) atoms. The fourth-order valence-corrected chi connectivity index (χ4v) is 4.30. The van der Waals surface area contributed by atoms with E-state index >= 15 is 0 Å². The SMILES string of the molecule is CN1CC2(CCN(Cc3c(-c4ccccc4)nc4ncccn34)CC2)OC1=O. The Morgan fingerprint density at radius 3 is 2.64 bits per heavy atom. The maximum Gasteiger partial charge on any atom is 0.410 e. The van der Waals surface area contributed by atoms with E-state index < -0.39 is 0 Å². The molecule has 2 aliphatic rings. The average Bonchev–Trinajstić information content (AvgIpc) is 3.22. The summed E-state index contributed by atoms with van der Waals surface area (Å²) in [6.07, 6.45) is 5.32. The van der Waals surface area contributed by atoms with Gasteiger partial charge in [0.2, 0.25) is 5.78 Å². The van der Waals surface area contributed by atoms with Crippen LogP contribution < -0.4 is 0 Å². The molecule has 0 saturated carbocycles. The standard InChI is InChI=1S/C21H23N5O2/c1-24-15-21(28-20(24)27)8-12-25(13-9-21)14-17-18(16-6-3-2-4-7-16)23-19-22-10-5-11-26(17)19/h2-7,10-11H,8-9,12-15H2,1H3. The zero-order chi connectivity index (χ0) is 19.1. The third-order valence-corrected chi connectivity index (χ3v) is 5.83. The second-order valence-electron chi connectivity index (χ2n) is 7.75. The number of aromatic nitrogens is 3. The van der Waals surface area contributed by atoms with Crippen LogP contribution in [0, 0.1) is 0 Å². The van der Waals surface area contributed by atoms with Crippen LogP contribution in [-0.4, -0.2) is 62.5 Å². The second kappa shape index (κ2) is 6.60. The van der Waals surface area contributed by atoms with E-state index in [1.54, 1.807) is 18.1 Å². The van der Waals surface area contributed by atoms with Gasteiger partial charge in [-0.2, -0.15) is 0 Å². The lowest BCUT2D eigenvalue weighted by Gasteiger charge is -2.37. The van der Waals surface area contributed by atoms with Crippen molar-refractivity contribution in [2.75, 3.05) is 26.7 Å². The molecule has 0 unspecified atom stereocenters. The van der Waals surface area contributed by atoms with Gasteiger partial charge in [-0.1, -0.05) is 30.3 Å². The van der Waals surface area contributed by atoms with Crippen LogP contribution in [0.2, 0.25) is 0 Å². The normalized spacial score (nSPS) is 19.5. The fourth-order valence-electron chi connectivity index (χ4n) is 4.30. The first-order chi connectivity index (χ1) is 13.6. The molecule has 1 spiro atoms. The Labute approximate surface area is 163 Å². The van der Waals surface area contributed by atoms with Gasteiger partial charge < -0.3 is 9.64 Å². The van der Waals surface area contributed by atoms with Crippen LogP contribution in [0.25, 0.3) is 17.0 Å². The van der Waals surface area contributed by atoms with Crippen molar-refractivity contribution in [1.82, 2.24) is 24.2 Å². The molecule has 7 heteroatoms. The van der Waals surface area contributed by atoms with Gasteiger partial charge in [0.15, 0.2) is 0 Å². The van der Waals surface area contributed by atoms with Gasteiger partial charge in [0, 0.05) is 57.5 Å². The molecule has 1 amide bonds. The number of imidazole rings is 1. The van der Waals surface area contributed by atoms with Crippen LogP contribution in [0.5, 0.6) is 0 Å². The van der Waals surface area contributed by atoms with Gasteiger partial charge in [0.05, 0.1) is 17.9 Å². The van der Waals surface area contributed by atoms with Crippen LogP contribution in [0.3, 0.4) is 0 Å². The highest BCUT2D eigenvalue weighted by Gasteiger charge is 2.45. The van der Waals surface area contributed by atoms with Crippen molar-refractivity contribution in [3.63, 3.8) is 0 Å². The molecule has 3 aromatic rings. The summed E-state index contributed by atoms with van der Waals surface area (Å²) in [7, 11) is 1.81. The van der Waals surface area contributed by atoms with Gasteiger partial charge in [-0.25, -0.2) is 14.8 Å². The first kappa shape index (κ1) is 17.2. The maximum absolute atomic E-state index is 11.8. The van der Waals surface area contributed by atoms with Crippen molar-refractivity contribution in [2.45, 2.75) is 25.0 Å². The van der Waals surface area contributed by atoms with Crippen LogP contribution >= 0.6 is 0 Å². The lowest BCUT2D eigenvalue weighted by atomic mass is 9.91. The van der Waals surface area contributed by atoms with E-state index in [9.17, 15) is 4.79 Å². The summed E-state index contributed by atoms with van der Waals surface area (Å²) < 4.78 is 7.76. The highest BCUT2D eigenvalue weighted by molar-refractivity contribution is 5.70. The zero-order valence-electron chi connectivity index (χ0n) is 15.9. The predicted molar refractivity (Wildman–Crippen MR) is 105 cm³/mol. The summed E-state index contributed by atoms with van der Waals surface area (Å²) >= 11 is 0. The smallest absolute Gasteiger partial charge is 0.410 e. The number of amides is 1. The molecule has 2 aliphatic heterocycles. The molecule has 0 atom stereocenters. The summed E-state index contributed by atoms with van der Waals surface area (Å²) in [4.78, 5) is 25.1. The van der Waals surface area contributed by atoms with E-state index in [4.69, 9.17) is 9.72 Å². The molecular weight excluding hydrogens is 354 g/mol. The molecule has 0 aliphatic carbocycles. The van der Waals surface area contributed by atoms with Crippen LogP contribution in [0.4, 0.5) is 4.79 Å². The molecular formula is C21H23N5O2. The summed E-state index contributed by atoms with van der Waals surface area (Å²) in [5.41, 5.74) is 2.91. The molecule has 144 valence electrons. The number of carbonyl (C=O) groups excluding carboxylic acids is 1. The van der Waals surface area contributed by atoms with Crippen molar-refractivity contribution >= 4 is 11.9 Å². The molecule has 2 saturated heterocycles. The Balaban J connectivity index is 1.41. The highest BCUT2D eigenvalue weighted by Crippen LogP contribution is 2.34. The number of benzene rings is 1. The molecule has 7 nitrogen and oxygen atoms in total. The van der Waals surface area contributed by atoms with E-state index in [0.29, 0.717) is 6.54 Å². The summed E-state index contributed by atoms with van der Waals surface area (Å²) in [6, 6.07) is 12.2. The minimum Gasteiger partial charge on any atom is -0.441 e. The largest absolute Gasteiger partial charge is 0.441 e. The predicted octanol–water partition coefficient (Wildman–Crippen LogP) is 2.81. The number of nitrogens with zero attached hydrogens (tertiary/aromatic N) is 5.